The van der Waals surface area contributed by atoms with Crippen LogP contribution in [0.25, 0.3) is 10.9 Å². The minimum Gasteiger partial charge on any atom is -0.475 e. The predicted molar refractivity (Wildman–Crippen MR) is 103 cm³/mol. The maximum absolute atomic E-state index is 12.3. The van der Waals surface area contributed by atoms with Crippen molar-refractivity contribution in [1.29, 1.82) is 0 Å². The minimum absolute atomic E-state index is 0.148. The average molecular weight is 387 g/mol. The predicted octanol–water partition coefficient (Wildman–Crippen LogP) is 4.16. The van der Waals surface area contributed by atoms with Gasteiger partial charge in [0.1, 0.15) is 12.4 Å². The van der Waals surface area contributed by atoms with Crippen LogP contribution in [-0.4, -0.2) is 47.5 Å². The first-order valence-corrected chi connectivity index (χ1v) is 9.53. The molecular weight excluding hydrogens is 364 g/mol. The topological polar surface area (TPSA) is 39.5 Å². The van der Waals surface area contributed by atoms with E-state index < -0.39 is 6.61 Å². The second kappa shape index (κ2) is 8.56. The Morgan fingerprint density at radius 1 is 1.00 bits per heavy atom. The van der Waals surface area contributed by atoms with E-state index in [9.17, 15) is 8.78 Å². The average Bonchev–Trinajstić information content (AvgIpc) is 3.32. The van der Waals surface area contributed by atoms with Crippen LogP contribution in [0.4, 0.5) is 8.78 Å². The zero-order chi connectivity index (χ0) is 19.3. The number of rotatable bonds is 8. The third-order valence-corrected chi connectivity index (χ3v) is 4.95. The van der Waals surface area contributed by atoms with Crippen molar-refractivity contribution < 1.29 is 18.3 Å². The molecule has 0 amide bonds. The van der Waals surface area contributed by atoms with Crippen molar-refractivity contribution in [2.45, 2.75) is 26.0 Å². The van der Waals surface area contributed by atoms with Crippen LogP contribution in [0.5, 0.6) is 11.6 Å². The largest absolute Gasteiger partial charge is 0.475 e. The quantitative estimate of drug-likeness (QED) is 0.582. The van der Waals surface area contributed by atoms with Crippen LogP contribution in [0.15, 0.2) is 48.5 Å². The van der Waals surface area contributed by atoms with Crippen molar-refractivity contribution in [2.75, 3.05) is 26.2 Å². The van der Waals surface area contributed by atoms with Crippen molar-refractivity contribution in [3.8, 4) is 11.6 Å². The Hall–Kier alpha value is -2.67. The van der Waals surface area contributed by atoms with E-state index in [0.717, 1.165) is 36.1 Å². The van der Waals surface area contributed by atoms with Gasteiger partial charge in [-0.2, -0.15) is 8.78 Å². The maximum Gasteiger partial charge on any atom is 0.387 e. The van der Waals surface area contributed by atoms with Crippen molar-refractivity contribution in [2.24, 2.45) is 0 Å². The van der Waals surface area contributed by atoms with Crippen LogP contribution in [0.1, 0.15) is 18.4 Å². The standard InChI is InChI=1S/C21H23F2N3O2/c22-21(23)28-17-9-7-16(8-10-17)15-26-19-6-2-1-5-18(19)20(24-26)27-14-13-25-11-3-4-12-25/h1-2,5-10,21H,3-4,11-15H2. The van der Waals surface area contributed by atoms with Crippen LogP contribution in [0.2, 0.25) is 0 Å². The third kappa shape index (κ3) is 4.42. The van der Waals surface area contributed by atoms with E-state index in [1.54, 1.807) is 24.3 Å². The van der Waals surface area contributed by atoms with E-state index in [2.05, 4.69) is 14.7 Å². The van der Waals surface area contributed by atoms with Gasteiger partial charge >= 0.3 is 6.61 Å². The highest BCUT2D eigenvalue weighted by Gasteiger charge is 2.14. The molecule has 0 radical (unpaired) electrons. The van der Waals surface area contributed by atoms with Gasteiger partial charge in [0.2, 0.25) is 5.88 Å². The van der Waals surface area contributed by atoms with Gasteiger partial charge in [-0.1, -0.05) is 24.3 Å². The van der Waals surface area contributed by atoms with Crippen molar-refractivity contribution >= 4 is 10.9 Å². The molecule has 1 aliphatic rings. The molecule has 1 saturated heterocycles. The van der Waals surface area contributed by atoms with Crippen molar-refractivity contribution in [1.82, 2.24) is 14.7 Å². The third-order valence-electron chi connectivity index (χ3n) is 4.95. The number of halogens is 2. The molecule has 0 unspecified atom stereocenters. The van der Waals surface area contributed by atoms with E-state index in [1.807, 2.05) is 28.9 Å². The Morgan fingerprint density at radius 2 is 1.75 bits per heavy atom. The molecule has 0 N–H and O–H groups in total. The Labute approximate surface area is 162 Å². The molecule has 0 saturated carbocycles. The molecule has 1 aromatic heterocycles. The van der Waals surface area contributed by atoms with Gasteiger partial charge in [-0.15, -0.1) is 5.10 Å². The normalized spacial score (nSPS) is 14.8. The second-order valence-corrected chi connectivity index (χ2v) is 6.90. The number of ether oxygens (including phenoxy) is 2. The molecule has 0 bridgehead atoms. The summed E-state index contributed by atoms with van der Waals surface area (Å²) in [5.41, 5.74) is 1.92. The van der Waals surface area contributed by atoms with Crippen molar-refractivity contribution in [3.63, 3.8) is 0 Å². The zero-order valence-corrected chi connectivity index (χ0v) is 15.6. The number of hydrogen-bond donors (Lipinski definition) is 0. The fraction of sp³-hybridized carbons (Fsp3) is 0.381. The number of fused-ring (bicyclic) bond motifs is 1. The van der Waals surface area contributed by atoms with Gasteiger partial charge in [-0.25, -0.2) is 0 Å². The smallest absolute Gasteiger partial charge is 0.387 e. The lowest BCUT2D eigenvalue weighted by atomic mass is 10.2. The number of para-hydroxylation sites is 1. The molecule has 0 atom stereocenters. The van der Waals surface area contributed by atoms with E-state index >= 15 is 0 Å². The Balaban J connectivity index is 1.47. The monoisotopic (exact) mass is 387 g/mol. The summed E-state index contributed by atoms with van der Waals surface area (Å²) in [6.07, 6.45) is 2.53. The lowest BCUT2D eigenvalue weighted by Gasteiger charge is -2.13. The van der Waals surface area contributed by atoms with Gasteiger partial charge in [0.05, 0.1) is 17.4 Å². The molecular formula is C21H23F2N3O2. The molecule has 28 heavy (non-hydrogen) atoms. The van der Waals surface area contributed by atoms with Gasteiger partial charge < -0.3 is 9.47 Å². The zero-order valence-electron chi connectivity index (χ0n) is 15.6. The lowest BCUT2D eigenvalue weighted by molar-refractivity contribution is -0.0498. The number of likely N-dealkylation sites (tertiary alicyclic amines) is 1. The molecule has 1 aliphatic heterocycles. The van der Waals surface area contributed by atoms with Gasteiger partial charge in [0, 0.05) is 6.54 Å². The first-order valence-electron chi connectivity index (χ1n) is 9.53. The fourth-order valence-electron chi connectivity index (χ4n) is 3.55. The molecule has 4 rings (SSSR count). The highest BCUT2D eigenvalue weighted by Crippen LogP contribution is 2.26. The molecule has 3 aromatic rings. The number of hydrogen-bond acceptors (Lipinski definition) is 4. The fourth-order valence-corrected chi connectivity index (χ4v) is 3.55. The first-order chi connectivity index (χ1) is 13.7. The second-order valence-electron chi connectivity index (χ2n) is 6.90. The molecule has 7 heteroatoms. The number of aromatic nitrogens is 2. The van der Waals surface area contributed by atoms with E-state index in [0.29, 0.717) is 19.0 Å². The first kappa shape index (κ1) is 18.7. The molecule has 148 valence electrons. The number of benzene rings is 2. The summed E-state index contributed by atoms with van der Waals surface area (Å²) >= 11 is 0. The minimum atomic E-state index is -2.82. The SMILES string of the molecule is FC(F)Oc1ccc(Cn2nc(OCCN3CCCC3)c3ccccc32)cc1. The van der Waals surface area contributed by atoms with Gasteiger partial charge in [-0.05, 0) is 55.8 Å². The Morgan fingerprint density at radius 3 is 2.50 bits per heavy atom. The summed E-state index contributed by atoms with van der Waals surface area (Å²) in [4.78, 5) is 2.40. The summed E-state index contributed by atoms with van der Waals surface area (Å²) in [6, 6.07) is 14.6. The van der Waals surface area contributed by atoms with Crippen molar-refractivity contribution in [3.05, 3.63) is 54.1 Å². The number of nitrogens with zero attached hydrogens (tertiary/aromatic N) is 3. The van der Waals surface area contributed by atoms with E-state index in [-0.39, 0.29) is 5.75 Å². The molecule has 0 aliphatic carbocycles. The lowest BCUT2D eigenvalue weighted by Crippen LogP contribution is -2.25. The van der Waals surface area contributed by atoms with Gasteiger partial charge in [0.25, 0.3) is 0 Å². The summed E-state index contributed by atoms with van der Waals surface area (Å²) in [5.74, 6) is 0.780. The Bertz CT molecular complexity index is 906. The molecule has 2 aromatic carbocycles. The highest BCUT2D eigenvalue weighted by atomic mass is 19.3. The van der Waals surface area contributed by atoms with Crippen LogP contribution in [-0.2, 0) is 6.54 Å². The summed E-state index contributed by atoms with van der Waals surface area (Å²) in [6.45, 7) is 1.51. The van der Waals surface area contributed by atoms with Crippen LogP contribution in [0.3, 0.4) is 0 Å². The molecule has 2 heterocycles. The van der Waals surface area contributed by atoms with Crippen LogP contribution in [0, 0.1) is 0 Å². The Kier molecular flexibility index (Phi) is 5.71. The van der Waals surface area contributed by atoms with Gasteiger partial charge in [0.15, 0.2) is 0 Å². The maximum atomic E-state index is 12.3. The molecule has 5 nitrogen and oxygen atoms in total. The van der Waals surface area contributed by atoms with Crippen LogP contribution < -0.4 is 9.47 Å². The van der Waals surface area contributed by atoms with Crippen LogP contribution >= 0.6 is 0 Å². The molecule has 1 fully saturated rings. The summed E-state index contributed by atoms with van der Waals surface area (Å²) in [5, 5.41) is 5.62. The van der Waals surface area contributed by atoms with E-state index in [4.69, 9.17) is 4.74 Å². The molecule has 0 spiro atoms. The summed E-state index contributed by atoms with van der Waals surface area (Å²) in [7, 11) is 0. The number of alkyl halides is 2. The van der Waals surface area contributed by atoms with Gasteiger partial charge in [-0.3, -0.25) is 9.58 Å². The van der Waals surface area contributed by atoms with E-state index in [1.165, 1.54) is 12.8 Å². The highest BCUT2D eigenvalue weighted by molar-refractivity contribution is 5.84. The summed E-state index contributed by atoms with van der Waals surface area (Å²) < 4.78 is 36.8.